The molecule has 1 saturated carbocycles. The van der Waals surface area contributed by atoms with Gasteiger partial charge in [0, 0.05) is 11.6 Å². The normalized spacial score (nSPS) is 13.5. The van der Waals surface area contributed by atoms with E-state index in [9.17, 15) is 9.59 Å². The van der Waals surface area contributed by atoms with E-state index in [-0.39, 0.29) is 18.2 Å². The van der Waals surface area contributed by atoms with Gasteiger partial charge in [-0.3, -0.25) is 14.2 Å². The first-order valence-corrected chi connectivity index (χ1v) is 8.83. The van der Waals surface area contributed by atoms with Crippen LogP contribution in [0.15, 0.2) is 29.4 Å². The van der Waals surface area contributed by atoms with Gasteiger partial charge >= 0.3 is 0 Å². The van der Waals surface area contributed by atoms with Crippen molar-refractivity contribution >= 4 is 29.3 Å². The lowest BCUT2D eigenvalue weighted by Crippen LogP contribution is -2.21. The highest BCUT2D eigenvalue weighted by molar-refractivity contribution is 7.99. The van der Waals surface area contributed by atoms with Crippen molar-refractivity contribution in [1.29, 1.82) is 0 Å². The Kier molecular flexibility index (Phi) is 5.22. The van der Waals surface area contributed by atoms with Gasteiger partial charge in [0.05, 0.1) is 12.9 Å². The zero-order valence-electron chi connectivity index (χ0n) is 13.8. The molecule has 0 aliphatic heterocycles. The minimum Gasteiger partial charge on any atom is -0.497 e. The molecule has 0 unspecified atom stereocenters. The molecule has 25 heavy (non-hydrogen) atoms. The fraction of sp³-hybridized carbons (Fsp3) is 0.375. The Morgan fingerprint density at radius 1 is 1.32 bits per heavy atom. The number of amides is 2. The van der Waals surface area contributed by atoms with Crippen LogP contribution in [-0.2, 0) is 16.1 Å². The minimum absolute atomic E-state index is 0.0290. The Morgan fingerprint density at radius 3 is 2.64 bits per heavy atom. The van der Waals surface area contributed by atoms with Crippen LogP contribution < -0.4 is 15.8 Å². The summed E-state index contributed by atoms with van der Waals surface area (Å²) in [4.78, 5) is 23.4. The molecule has 0 atom stereocenters. The van der Waals surface area contributed by atoms with E-state index in [0.29, 0.717) is 16.8 Å². The number of rotatable bonds is 8. The number of aromatic nitrogens is 3. The van der Waals surface area contributed by atoms with E-state index in [1.165, 1.54) is 11.8 Å². The molecule has 2 amide bonds. The number of nitrogens with two attached hydrogens (primary N) is 1. The highest BCUT2D eigenvalue weighted by Gasteiger charge is 2.30. The van der Waals surface area contributed by atoms with Gasteiger partial charge in [0.15, 0.2) is 5.16 Å². The van der Waals surface area contributed by atoms with Crippen LogP contribution in [0.25, 0.3) is 0 Å². The molecule has 0 bridgehead atoms. The molecule has 0 radical (unpaired) electrons. The standard InChI is InChI=1S/C16H19N5O3S/c1-24-12-6-4-11(5-7-12)18-14(23)9-25-16-20-19-15(10-2-3-10)21(16)8-13(17)22/h4-7,10H,2-3,8-9H2,1H3,(H2,17,22)(H,18,23). The number of primary amides is 1. The summed E-state index contributed by atoms with van der Waals surface area (Å²) >= 11 is 1.23. The molecule has 3 N–H and O–H groups in total. The second kappa shape index (κ2) is 7.56. The van der Waals surface area contributed by atoms with E-state index < -0.39 is 5.91 Å². The van der Waals surface area contributed by atoms with Crippen LogP contribution in [0.3, 0.4) is 0 Å². The van der Waals surface area contributed by atoms with Crippen molar-refractivity contribution in [3.05, 3.63) is 30.1 Å². The number of nitrogens with zero attached hydrogens (tertiary/aromatic N) is 3. The molecule has 1 fully saturated rings. The first-order chi connectivity index (χ1) is 12.1. The van der Waals surface area contributed by atoms with E-state index in [4.69, 9.17) is 10.5 Å². The number of carbonyl (C=O) groups is 2. The van der Waals surface area contributed by atoms with Crippen LogP contribution in [-0.4, -0.2) is 39.4 Å². The number of anilines is 1. The molecule has 1 aromatic carbocycles. The molecule has 0 saturated heterocycles. The lowest BCUT2D eigenvalue weighted by atomic mass is 10.3. The topological polar surface area (TPSA) is 112 Å². The minimum atomic E-state index is -0.453. The third-order valence-electron chi connectivity index (χ3n) is 3.71. The van der Waals surface area contributed by atoms with Crippen molar-refractivity contribution in [3.8, 4) is 5.75 Å². The number of hydrogen-bond acceptors (Lipinski definition) is 6. The summed E-state index contributed by atoms with van der Waals surface area (Å²) in [5, 5.41) is 11.6. The first-order valence-electron chi connectivity index (χ1n) is 7.85. The summed E-state index contributed by atoms with van der Waals surface area (Å²) in [7, 11) is 1.59. The summed E-state index contributed by atoms with van der Waals surface area (Å²) in [6, 6.07) is 7.08. The maximum absolute atomic E-state index is 12.1. The molecule has 0 spiro atoms. The number of methoxy groups -OCH3 is 1. The Labute approximate surface area is 149 Å². The van der Waals surface area contributed by atoms with Crippen LogP contribution in [0.1, 0.15) is 24.6 Å². The summed E-state index contributed by atoms with van der Waals surface area (Å²) in [5.74, 6) is 1.38. The SMILES string of the molecule is COc1ccc(NC(=O)CSc2nnc(C3CC3)n2CC(N)=O)cc1. The highest BCUT2D eigenvalue weighted by Crippen LogP contribution is 2.40. The Balaban J connectivity index is 1.60. The van der Waals surface area contributed by atoms with Crippen LogP contribution >= 0.6 is 11.8 Å². The van der Waals surface area contributed by atoms with E-state index in [1.54, 1.807) is 35.9 Å². The van der Waals surface area contributed by atoms with Crippen molar-refractivity contribution < 1.29 is 14.3 Å². The Morgan fingerprint density at radius 2 is 2.04 bits per heavy atom. The van der Waals surface area contributed by atoms with Gasteiger partial charge in [-0.25, -0.2) is 0 Å². The Hall–Kier alpha value is -2.55. The average Bonchev–Trinajstić information content (AvgIpc) is 3.36. The van der Waals surface area contributed by atoms with Gasteiger partial charge in [0.25, 0.3) is 0 Å². The lowest BCUT2D eigenvalue weighted by molar-refractivity contribution is -0.118. The van der Waals surface area contributed by atoms with Gasteiger partial charge in [-0.05, 0) is 37.1 Å². The molecule has 132 valence electrons. The summed E-state index contributed by atoms with van der Waals surface area (Å²) in [5.41, 5.74) is 5.99. The van der Waals surface area contributed by atoms with E-state index in [0.717, 1.165) is 24.4 Å². The van der Waals surface area contributed by atoms with Gasteiger partial charge < -0.3 is 15.8 Å². The second-order valence-electron chi connectivity index (χ2n) is 5.73. The second-order valence-corrected chi connectivity index (χ2v) is 6.68. The fourth-order valence-corrected chi connectivity index (χ4v) is 3.10. The third-order valence-corrected chi connectivity index (χ3v) is 4.67. The highest BCUT2D eigenvalue weighted by atomic mass is 32.2. The molecule has 1 aliphatic rings. The fourth-order valence-electron chi connectivity index (χ4n) is 2.36. The number of ether oxygens (including phenoxy) is 1. The van der Waals surface area contributed by atoms with E-state index in [1.807, 2.05) is 0 Å². The number of carbonyl (C=O) groups excluding carboxylic acids is 2. The van der Waals surface area contributed by atoms with Gasteiger partial charge in [-0.1, -0.05) is 11.8 Å². The third kappa shape index (κ3) is 4.50. The van der Waals surface area contributed by atoms with Gasteiger partial charge in [-0.15, -0.1) is 10.2 Å². The summed E-state index contributed by atoms with van der Waals surface area (Å²) in [6.07, 6.45) is 2.08. The monoisotopic (exact) mass is 361 g/mol. The van der Waals surface area contributed by atoms with E-state index >= 15 is 0 Å². The maximum Gasteiger partial charge on any atom is 0.237 e. The number of hydrogen-bond donors (Lipinski definition) is 2. The van der Waals surface area contributed by atoms with Crippen molar-refractivity contribution in [3.63, 3.8) is 0 Å². The predicted molar refractivity (Wildman–Crippen MR) is 93.5 cm³/mol. The molecule has 1 aromatic heterocycles. The molecular formula is C16H19N5O3S. The van der Waals surface area contributed by atoms with Gasteiger partial charge in [0.1, 0.15) is 18.1 Å². The van der Waals surface area contributed by atoms with Crippen molar-refractivity contribution in [2.75, 3.05) is 18.2 Å². The van der Waals surface area contributed by atoms with Crippen LogP contribution in [0.2, 0.25) is 0 Å². The van der Waals surface area contributed by atoms with E-state index in [2.05, 4.69) is 15.5 Å². The van der Waals surface area contributed by atoms with Gasteiger partial charge in [0.2, 0.25) is 11.8 Å². The van der Waals surface area contributed by atoms with Crippen molar-refractivity contribution in [1.82, 2.24) is 14.8 Å². The van der Waals surface area contributed by atoms with Crippen molar-refractivity contribution in [2.45, 2.75) is 30.5 Å². The van der Waals surface area contributed by atoms with Crippen LogP contribution in [0.4, 0.5) is 5.69 Å². The van der Waals surface area contributed by atoms with Crippen LogP contribution in [0, 0.1) is 0 Å². The molecular weight excluding hydrogens is 342 g/mol. The first kappa shape index (κ1) is 17.3. The van der Waals surface area contributed by atoms with Crippen molar-refractivity contribution in [2.24, 2.45) is 5.73 Å². The maximum atomic E-state index is 12.1. The van der Waals surface area contributed by atoms with Crippen LogP contribution in [0.5, 0.6) is 5.75 Å². The zero-order chi connectivity index (χ0) is 17.8. The predicted octanol–water partition coefficient (Wildman–Crippen LogP) is 1.38. The largest absolute Gasteiger partial charge is 0.497 e. The Bertz CT molecular complexity index is 771. The quantitative estimate of drug-likeness (QED) is 0.687. The average molecular weight is 361 g/mol. The molecule has 1 heterocycles. The number of thioether (sulfide) groups is 1. The number of benzene rings is 1. The smallest absolute Gasteiger partial charge is 0.237 e. The summed E-state index contributed by atoms with van der Waals surface area (Å²) < 4.78 is 6.79. The summed E-state index contributed by atoms with van der Waals surface area (Å²) in [6.45, 7) is 0.0290. The zero-order valence-corrected chi connectivity index (χ0v) is 14.6. The molecule has 1 aliphatic carbocycles. The lowest BCUT2D eigenvalue weighted by Gasteiger charge is -2.08. The molecule has 2 aromatic rings. The number of nitrogens with one attached hydrogen (secondary N) is 1. The molecule has 9 heteroatoms. The van der Waals surface area contributed by atoms with Gasteiger partial charge in [-0.2, -0.15) is 0 Å². The molecule has 3 rings (SSSR count). The molecule has 8 nitrogen and oxygen atoms in total.